The highest BCUT2D eigenvalue weighted by Gasteiger charge is 2.21. The highest BCUT2D eigenvalue weighted by atomic mass is 19.1. The standard InChI is InChI=1S/C18H19FN2O3/c1-23-16-6-7-17-13(9-16)8-15(11-24-17)21-18(22)20-10-12-2-4-14(19)5-3-12/h2-7,9,15H,8,10-11H2,1H3,(H2,20,21,22)/t15-/m0/s1. The lowest BCUT2D eigenvalue weighted by Gasteiger charge is -2.26. The van der Waals surface area contributed by atoms with Gasteiger partial charge in [0.1, 0.15) is 23.9 Å². The number of carbonyl (C=O) groups excluding carboxylic acids is 1. The van der Waals surface area contributed by atoms with Crippen LogP contribution >= 0.6 is 0 Å². The molecule has 1 atom stereocenters. The molecule has 2 aromatic rings. The van der Waals surface area contributed by atoms with Crippen molar-refractivity contribution < 1.29 is 18.7 Å². The van der Waals surface area contributed by atoms with Crippen molar-refractivity contribution in [2.24, 2.45) is 0 Å². The molecule has 1 heterocycles. The zero-order valence-electron chi connectivity index (χ0n) is 13.3. The quantitative estimate of drug-likeness (QED) is 0.906. The minimum Gasteiger partial charge on any atom is -0.497 e. The molecule has 0 bridgehead atoms. The van der Waals surface area contributed by atoms with E-state index in [-0.39, 0.29) is 17.9 Å². The first-order valence-corrected chi connectivity index (χ1v) is 7.72. The molecule has 0 aliphatic carbocycles. The van der Waals surface area contributed by atoms with Crippen molar-refractivity contribution >= 4 is 6.03 Å². The topological polar surface area (TPSA) is 59.6 Å². The molecule has 0 unspecified atom stereocenters. The molecular formula is C18H19FN2O3. The monoisotopic (exact) mass is 330 g/mol. The molecule has 2 amide bonds. The minimum atomic E-state index is -0.295. The fourth-order valence-corrected chi connectivity index (χ4v) is 2.61. The first-order valence-electron chi connectivity index (χ1n) is 7.72. The molecule has 5 nitrogen and oxygen atoms in total. The van der Waals surface area contributed by atoms with E-state index < -0.39 is 0 Å². The molecule has 3 rings (SSSR count). The van der Waals surface area contributed by atoms with E-state index in [1.54, 1.807) is 19.2 Å². The maximum atomic E-state index is 12.8. The highest BCUT2D eigenvalue weighted by molar-refractivity contribution is 5.74. The first kappa shape index (κ1) is 16.1. The van der Waals surface area contributed by atoms with Crippen molar-refractivity contribution in [2.45, 2.75) is 19.0 Å². The molecule has 0 spiro atoms. The van der Waals surface area contributed by atoms with Gasteiger partial charge in [-0.25, -0.2) is 9.18 Å². The van der Waals surface area contributed by atoms with E-state index >= 15 is 0 Å². The number of hydrogen-bond acceptors (Lipinski definition) is 3. The molecule has 6 heteroatoms. The number of carbonyl (C=O) groups is 1. The predicted molar refractivity (Wildman–Crippen MR) is 87.8 cm³/mol. The molecule has 0 fully saturated rings. The lowest BCUT2D eigenvalue weighted by molar-refractivity contribution is 0.214. The number of methoxy groups -OCH3 is 1. The lowest BCUT2D eigenvalue weighted by atomic mass is 10.0. The van der Waals surface area contributed by atoms with Crippen LogP contribution in [0.4, 0.5) is 9.18 Å². The molecule has 0 radical (unpaired) electrons. The van der Waals surface area contributed by atoms with Gasteiger partial charge in [0.15, 0.2) is 0 Å². The maximum absolute atomic E-state index is 12.8. The van der Waals surface area contributed by atoms with Crippen LogP contribution < -0.4 is 20.1 Å². The van der Waals surface area contributed by atoms with Gasteiger partial charge in [-0.05, 0) is 47.9 Å². The summed E-state index contributed by atoms with van der Waals surface area (Å²) in [6, 6.07) is 11.3. The fraction of sp³-hybridized carbons (Fsp3) is 0.278. The van der Waals surface area contributed by atoms with E-state index in [2.05, 4.69) is 10.6 Å². The molecule has 2 N–H and O–H groups in total. The van der Waals surface area contributed by atoms with Crippen molar-refractivity contribution in [3.05, 3.63) is 59.4 Å². The fourth-order valence-electron chi connectivity index (χ4n) is 2.61. The molecule has 0 saturated heterocycles. The Hall–Kier alpha value is -2.76. The number of benzene rings is 2. The van der Waals surface area contributed by atoms with Crippen LogP contribution in [0.2, 0.25) is 0 Å². The second-order valence-corrected chi connectivity index (χ2v) is 5.64. The van der Waals surface area contributed by atoms with Crippen molar-refractivity contribution in [1.29, 1.82) is 0 Å². The summed E-state index contributed by atoms with van der Waals surface area (Å²) in [5.74, 6) is 1.29. The zero-order chi connectivity index (χ0) is 16.9. The van der Waals surface area contributed by atoms with E-state index in [9.17, 15) is 9.18 Å². The van der Waals surface area contributed by atoms with Gasteiger partial charge in [-0.3, -0.25) is 0 Å². The molecule has 0 aromatic heterocycles. The van der Waals surface area contributed by atoms with E-state index in [0.29, 0.717) is 19.6 Å². The largest absolute Gasteiger partial charge is 0.497 e. The SMILES string of the molecule is COc1ccc2c(c1)C[C@H](NC(=O)NCc1ccc(F)cc1)CO2. The third-order valence-corrected chi connectivity index (χ3v) is 3.88. The van der Waals surface area contributed by atoms with Gasteiger partial charge in [-0.2, -0.15) is 0 Å². The number of amides is 2. The Bertz CT molecular complexity index is 719. The number of halogens is 1. The Labute approximate surface area is 139 Å². The summed E-state index contributed by atoms with van der Waals surface area (Å²) in [7, 11) is 1.62. The average Bonchev–Trinajstić information content (AvgIpc) is 2.60. The van der Waals surface area contributed by atoms with Crippen molar-refractivity contribution in [2.75, 3.05) is 13.7 Å². The Morgan fingerprint density at radius 3 is 2.83 bits per heavy atom. The van der Waals surface area contributed by atoms with Crippen LogP contribution in [-0.2, 0) is 13.0 Å². The first-order chi connectivity index (χ1) is 11.6. The van der Waals surface area contributed by atoms with Gasteiger partial charge >= 0.3 is 6.03 Å². The van der Waals surface area contributed by atoms with Gasteiger partial charge in [-0.15, -0.1) is 0 Å². The summed E-state index contributed by atoms with van der Waals surface area (Å²) in [6.45, 7) is 0.757. The van der Waals surface area contributed by atoms with Gasteiger partial charge in [0.2, 0.25) is 0 Å². The van der Waals surface area contributed by atoms with Crippen LogP contribution in [-0.4, -0.2) is 25.8 Å². The normalized spacial score (nSPS) is 15.8. The summed E-state index contributed by atoms with van der Waals surface area (Å²) < 4.78 is 23.7. The Morgan fingerprint density at radius 1 is 1.29 bits per heavy atom. The second kappa shape index (κ2) is 7.21. The molecule has 0 saturated carbocycles. The maximum Gasteiger partial charge on any atom is 0.315 e. The Balaban J connectivity index is 1.52. The third-order valence-electron chi connectivity index (χ3n) is 3.88. The number of hydrogen-bond donors (Lipinski definition) is 2. The van der Waals surface area contributed by atoms with E-state index in [4.69, 9.17) is 9.47 Å². The number of urea groups is 1. The molecule has 24 heavy (non-hydrogen) atoms. The summed E-state index contributed by atoms with van der Waals surface area (Å²) >= 11 is 0. The number of ether oxygens (including phenoxy) is 2. The predicted octanol–water partition coefficient (Wildman–Crippen LogP) is 2.64. The lowest BCUT2D eigenvalue weighted by Crippen LogP contribution is -2.47. The van der Waals surface area contributed by atoms with Gasteiger partial charge in [0, 0.05) is 6.54 Å². The van der Waals surface area contributed by atoms with Gasteiger partial charge in [0.25, 0.3) is 0 Å². The number of fused-ring (bicyclic) bond motifs is 1. The van der Waals surface area contributed by atoms with E-state index in [0.717, 1.165) is 22.6 Å². The number of rotatable bonds is 4. The smallest absolute Gasteiger partial charge is 0.315 e. The van der Waals surface area contributed by atoms with Crippen molar-refractivity contribution in [1.82, 2.24) is 10.6 Å². The molecule has 1 aliphatic heterocycles. The summed E-state index contributed by atoms with van der Waals surface area (Å²) in [6.07, 6.45) is 0.677. The summed E-state index contributed by atoms with van der Waals surface area (Å²) in [5, 5.41) is 5.65. The molecular weight excluding hydrogens is 311 g/mol. The van der Waals surface area contributed by atoms with Crippen molar-refractivity contribution in [3.63, 3.8) is 0 Å². The minimum absolute atomic E-state index is 0.113. The molecule has 126 valence electrons. The van der Waals surface area contributed by atoms with Gasteiger partial charge in [0.05, 0.1) is 13.2 Å². The summed E-state index contributed by atoms with van der Waals surface area (Å²) in [4.78, 5) is 12.0. The Morgan fingerprint density at radius 2 is 2.08 bits per heavy atom. The zero-order valence-corrected chi connectivity index (χ0v) is 13.3. The van der Waals surface area contributed by atoms with Gasteiger partial charge < -0.3 is 20.1 Å². The second-order valence-electron chi connectivity index (χ2n) is 5.64. The highest BCUT2D eigenvalue weighted by Crippen LogP contribution is 2.28. The van der Waals surface area contributed by atoms with Crippen LogP contribution in [0.25, 0.3) is 0 Å². The Kier molecular flexibility index (Phi) is 4.84. The van der Waals surface area contributed by atoms with Crippen LogP contribution in [0.5, 0.6) is 11.5 Å². The van der Waals surface area contributed by atoms with Crippen LogP contribution in [0.15, 0.2) is 42.5 Å². The third kappa shape index (κ3) is 3.95. The van der Waals surface area contributed by atoms with Gasteiger partial charge in [-0.1, -0.05) is 12.1 Å². The van der Waals surface area contributed by atoms with Crippen LogP contribution in [0.1, 0.15) is 11.1 Å². The summed E-state index contributed by atoms with van der Waals surface area (Å²) in [5.41, 5.74) is 1.84. The molecule has 2 aromatic carbocycles. The molecule has 1 aliphatic rings. The van der Waals surface area contributed by atoms with Crippen LogP contribution in [0.3, 0.4) is 0 Å². The van der Waals surface area contributed by atoms with E-state index in [1.165, 1.54) is 12.1 Å². The average molecular weight is 330 g/mol. The van der Waals surface area contributed by atoms with Crippen molar-refractivity contribution in [3.8, 4) is 11.5 Å². The van der Waals surface area contributed by atoms with Crippen LogP contribution in [0, 0.1) is 5.82 Å². The number of nitrogens with one attached hydrogen (secondary N) is 2. The van der Waals surface area contributed by atoms with E-state index in [1.807, 2.05) is 18.2 Å².